The summed E-state index contributed by atoms with van der Waals surface area (Å²) >= 11 is 11.5. The second-order valence-electron chi connectivity index (χ2n) is 8.89. The van der Waals surface area contributed by atoms with Crippen LogP contribution in [0.4, 0.5) is 5.69 Å². The van der Waals surface area contributed by atoms with E-state index in [9.17, 15) is 9.59 Å². The van der Waals surface area contributed by atoms with E-state index in [1.54, 1.807) is 17.1 Å². The minimum atomic E-state index is -0.491. The van der Waals surface area contributed by atoms with Crippen LogP contribution in [-0.4, -0.2) is 72.0 Å². The summed E-state index contributed by atoms with van der Waals surface area (Å²) in [4.78, 5) is 35.9. The number of thiocarbonyl (C=S) groups is 1. The Morgan fingerprint density at radius 2 is 1.91 bits per heavy atom. The molecular weight excluding hydrogens is 488 g/mol. The Balaban J connectivity index is 1.04. The van der Waals surface area contributed by atoms with Crippen molar-refractivity contribution in [3.05, 3.63) is 53.0 Å². The largest absolute Gasteiger partial charge is 0.454 e. The second kappa shape index (κ2) is 10.4. The van der Waals surface area contributed by atoms with Crippen molar-refractivity contribution in [2.45, 2.75) is 25.7 Å². The second-order valence-corrected chi connectivity index (χ2v) is 9.69. The first kappa shape index (κ1) is 23.8. The first-order valence-corrected chi connectivity index (χ1v) is 12.7. The molecule has 5 rings (SSSR count). The van der Waals surface area contributed by atoms with Crippen molar-refractivity contribution in [1.29, 1.82) is 0 Å². The number of piperazine rings is 1. The number of halogens is 1. The summed E-state index contributed by atoms with van der Waals surface area (Å²) in [5.74, 6) is 0.785. The van der Waals surface area contributed by atoms with Crippen molar-refractivity contribution in [2.24, 2.45) is 10.9 Å². The average Bonchev–Trinajstić information content (AvgIpc) is 3.32. The molecule has 10 heteroatoms. The van der Waals surface area contributed by atoms with Crippen LogP contribution in [0.2, 0.25) is 5.02 Å². The zero-order valence-electron chi connectivity index (χ0n) is 19.3. The van der Waals surface area contributed by atoms with Crippen molar-refractivity contribution in [3.8, 4) is 0 Å². The van der Waals surface area contributed by atoms with E-state index in [0.717, 1.165) is 43.1 Å². The van der Waals surface area contributed by atoms with Gasteiger partial charge in [0.25, 0.3) is 0 Å². The lowest BCUT2D eigenvalue weighted by atomic mass is 9.93. The molecule has 4 aliphatic rings. The van der Waals surface area contributed by atoms with E-state index in [2.05, 4.69) is 9.89 Å². The number of benzene rings is 1. The number of nitrogens with zero attached hydrogens (tertiary/aromatic N) is 4. The molecule has 2 fully saturated rings. The Hall–Kier alpha value is -2.91. The van der Waals surface area contributed by atoms with Gasteiger partial charge in [-0.25, -0.2) is 4.99 Å². The number of carbonyl (C=O) groups is 2. The minimum absolute atomic E-state index is 0.0908. The Bertz CT molecular complexity index is 1130. The molecule has 2 saturated heterocycles. The van der Waals surface area contributed by atoms with E-state index in [1.807, 2.05) is 29.2 Å². The average molecular weight is 515 g/mol. The van der Waals surface area contributed by atoms with Crippen LogP contribution < -0.4 is 4.90 Å². The Labute approximate surface area is 214 Å². The molecule has 184 valence electrons. The molecule has 1 unspecified atom stereocenters. The van der Waals surface area contributed by atoms with Gasteiger partial charge >= 0.3 is 0 Å². The summed E-state index contributed by atoms with van der Waals surface area (Å²) < 4.78 is 10.8. The summed E-state index contributed by atoms with van der Waals surface area (Å²) in [5, 5.41) is 1.00. The molecule has 8 nitrogen and oxygen atoms in total. The molecule has 35 heavy (non-hydrogen) atoms. The SMILES string of the molecule is O=C(CCCCCN1C(=O)C2C=C3OCOC3=CC2=NC1=S)N1CCN(c2cccc(Cl)c2)CC1. The van der Waals surface area contributed by atoms with Gasteiger partial charge in [0.15, 0.2) is 11.5 Å². The third-order valence-corrected chi connectivity index (χ3v) is 7.20. The molecule has 0 radical (unpaired) electrons. The van der Waals surface area contributed by atoms with Gasteiger partial charge in [-0.15, -0.1) is 0 Å². The van der Waals surface area contributed by atoms with Gasteiger partial charge in [-0.05, 0) is 49.3 Å². The van der Waals surface area contributed by atoms with Crippen LogP contribution in [0, 0.1) is 5.92 Å². The zero-order valence-corrected chi connectivity index (χ0v) is 20.9. The van der Waals surface area contributed by atoms with Gasteiger partial charge in [0.05, 0.1) is 5.71 Å². The number of rotatable bonds is 7. The highest BCUT2D eigenvalue weighted by atomic mass is 35.5. The highest BCUT2D eigenvalue weighted by molar-refractivity contribution is 7.80. The topological polar surface area (TPSA) is 74.7 Å². The number of carbonyl (C=O) groups excluding carboxylic acids is 2. The monoisotopic (exact) mass is 514 g/mol. The molecular formula is C25H27ClN4O4S. The fraction of sp³-hybridized carbons (Fsp3) is 0.440. The maximum absolute atomic E-state index is 13.0. The van der Waals surface area contributed by atoms with Gasteiger partial charge in [0, 0.05) is 55.9 Å². The van der Waals surface area contributed by atoms with E-state index < -0.39 is 5.92 Å². The standard InChI is InChI=1S/C25H27ClN4O4S/c26-17-5-4-6-18(13-17)28-9-11-29(12-10-28)23(31)7-2-1-3-8-30-24(32)19-14-21-22(34-16-33-21)15-20(19)27-25(30)35/h4-6,13-15,19H,1-3,7-12,16H2. The predicted octanol–water partition coefficient (Wildman–Crippen LogP) is 3.52. The van der Waals surface area contributed by atoms with E-state index in [1.165, 1.54) is 0 Å². The summed E-state index contributed by atoms with van der Waals surface area (Å²) in [6.45, 7) is 3.67. The lowest BCUT2D eigenvalue weighted by molar-refractivity contribution is -0.132. The predicted molar refractivity (Wildman–Crippen MR) is 137 cm³/mol. The van der Waals surface area contributed by atoms with Crippen LogP contribution in [0.25, 0.3) is 0 Å². The van der Waals surface area contributed by atoms with E-state index in [-0.39, 0.29) is 23.7 Å². The van der Waals surface area contributed by atoms with Crippen LogP contribution in [0.3, 0.4) is 0 Å². The number of allylic oxidation sites excluding steroid dienone is 1. The van der Waals surface area contributed by atoms with Crippen molar-refractivity contribution < 1.29 is 19.1 Å². The highest BCUT2D eigenvalue weighted by Gasteiger charge is 2.38. The third-order valence-electron chi connectivity index (χ3n) is 6.65. The summed E-state index contributed by atoms with van der Waals surface area (Å²) in [7, 11) is 0. The van der Waals surface area contributed by atoms with Crippen molar-refractivity contribution in [2.75, 3.05) is 44.4 Å². The summed E-state index contributed by atoms with van der Waals surface area (Å²) in [6, 6.07) is 7.82. The smallest absolute Gasteiger partial charge is 0.241 e. The van der Waals surface area contributed by atoms with Gasteiger partial charge in [0.1, 0.15) is 5.92 Å². The van der Waals surface area contributed by atoms with Crippen molar-refractivity contribution in [3.63, 3.8) is 0 Å². The number of fused-ring (bicyclic) bond motifs is 2. The molecule has 1 aromatic carbocycles. The lowest BCUT2D eigenvalue weighted by Crippen LogP contribution is -2.48. The van der Waals surface area contributed by atoms with E-state index in [4.69, 9.17) is 33.3 Å². The molecule has 2 amide bonds. The number of amides is 2. The Morgan fingerprint density at radius 3 is 2.71 bits per heavy atom. The van der Waals surface area contributed by atoms with Gasteiger partial charge < -0.3 is 19.3 Å². The number of unbranched alkanes of at least 4 members (excludes halogenated alkanes) is 2. The van der Waals surface area contributed by atoms with Crippen LogP contribution in [0.15, 0.2) is 52.9 Å². The number of ether oxygens (including phenoxy) is 2. The highest BCUT2D eigenvalue weighted by Crippen LogP contribution is 2.31. The molecule has 3 heterocycles. The van der Waals surface area contributed by atoms with Gasteiger partial charge in [0.2, 0.25) is 23.7 Å². The normalized spacial score (nSPS) is 21.5. The van der Waals surface area contributed by atoms with Crippen LogP contribution in [0.5, 0.6) is 0 Å². The van der Waals surface area contributed by atoms with Crippen molar-refractivity contribution in [1.82, 2.24) is 9.80 Å². The maximum atomic E-state index is 13.0. The zero-order chi connectivity index (χ0) is 24.4. The van der Waals surface area contributed by atoms with E-state index in [0.29, 0.717) is 43.3 Å². The maximum Gasteiger partial charge on any atom is 0.241 e. The summed E-state index contributed by atoms with van der Waals surface area (Å²) in [5.41, 5.74) is 1.69. The van der Waals surface area contributed by atoms with Gasteiger partial charge in [-0.2, -0.15) is 0 Å². The minimum Gasteiger partial charge on any atom is -0.454 e. The van der Waals surface area contributed by atoms with Crippen molar-refractivity contribution >= 4 is 52.1 Å². The number of hydrogen-bond acceptors (Lipinski definition) is 6. The third kappa shape index (κ3) is 5.21. The first-order valence-electron chi connectivity index (χ1n) is 11.9. The molecule has 1 aromatic rings. The molecule has 0 bridgehead atoms. The Morgan fingerprint density at radius 1 is 1.11 bits per heavy atom. The fourth-order valence-corrected chi connectivity index (χ4v) is 5.18. The molecule has 1 atom stereocenters. The van der Waals surface area contributed by atoms with Crippen LogP contribution in [0.1, 0.15) is 25.7 Å². The number of anilines is 1. The van der Waals surface area contributed by atoms with E-state index >= 15 is 0 Å². The van der Waals surface area contributed by atoms with Crippen LogP contribution >= 0.6 is 23.8 Å². The fourth-order valence-electron chi connectivity index (χ4n) is 4.71. The number of hydrogen-bond donors (Lipinski definition) is 0. The Kier molecular flexibility index (Phi) is 7.06. The summed E-state index contributed by atoms with van der Waals surface area (Å²) in [6.07, 6.45) is 6.37. The molecule has 0 saturated carbocycles. The molecule has 0 spiro atoms. The van der Waals surface area contributed by atoms with Gasteiger partial charge in [-0.1, -0.05) is 24.1 Å². The molecule has 0 N–H and O–H groups in total. The quantitative estimate of drug-likeness (QED) is 0.409. The number of aliphatic imine (C=N–C) groups is 1. The molecule has 1 aliphatic carbocycles. The van der Waals surface area contributed by atoms with Crippen LogP contribution in [-0.2, 0) is 19.1 Å². The lowest BCUT2D eigenvalue weighted by Gasteiger charge is -2.36. The molecule has 0 aromatic heterocycles. The first-order chi connectivity index (χ1) is 17.0. The van der Waals surface area contributed by atoms with Gasteiger partial charge in [-0.3, -0.25) is 14.5 Å². The molecule has 3 aliphatic heterocycles.